The standard InChI is InChI=1S/C15H22N2O3/c1-4-10(2)17-15(18)11(3)16-8-12-6-5-7-13-14(12)20-9-19-13/h5-7,10-11,16H,4,8-9H2,1-3H3,(H,17,18). The number of carbonyl (C=O) groups is 1. The van der Waals surface area contributed by atoms with Crippen LogP contribution in [0.25, 0.3) is 0 Å². The maximum atomic E-state index is 11.9. The van der Waals surface area contributed by atoms with Crippen LogP contribution in [0, 0.1) is 0 Å². The van der Waals surface area contributed by atoms with Crippen LogP contribution in [-0.2, 0) is 11.3 Å². The van der Waals surface area contributed by atoms with Gasteiger partial charge in [0.25, 0.3) is 0 Å². The molecule has 2 N–H and O–H groups in total. The summed E-state index contributed by atoms with van der Waals surface area (Å²) in [7, 11) is 0. The fourth-order valence-corrected chi connectivity index (χ4v) is 1.96. The molecule has 0 radical (unpaired) electrons. The average Bonchev–Trinajstić information content (AvgIpc) is 2.93. The Labute approximate surface area is 119 Å². The molecule has 0 saturated heterocycles. The maximum Gasteiger partial charge on any atom is 0.237 e. The fourth-order valence-electron chi connectivity index (χ4n) is 1.96. The molecular weight excluding hydrogens is 256 g/mol. The quantitative estimate of drug-likeness (QED) is 0.833. The van der Waals surface area contributed by atoms with Crippen LogP contribution in [0.5, 0.6) is 11.5 Å². The molecule has 0 fully saturated rings. The first-order valence-corrected chi connectivity index (χ1v) is 7.03. The van der Waals surface area contributed by atoms with Crippen molar-refractivity contribution in [3.63, 3.8) is 0 Å². The maximum absolute atomic E-state index is 11.9. The number of fused-ring (bicyclic) bond motifs is 1. The molecule has 1 aromatic carbocycles. The Balaban J connectivity index is 1.89. The van der Waals surface area contributed by atoms with Crippen molar-refractivity contribution in [3.05, 3.63) is 23.8 Å². The van der Waals surface area contributed by atoms with Crippen molar-refractivity contribution in [1.82, 2.24) is 10.6 Å². The molecule has 1 aromatic rings. The monoisotopic (exact) mass is 278 g/mol. The molecule has 110 valence electrons. The van der Waals surface area contributed by atoms with Crippen molar-refractivity contribution in [2.45, 2.75) is 45.8 Å². The molecule has 1 aliphatic rings. The Bertz CT molecular complexity index is 476. The summed E-state index contributed by atoms with van der Waals surface area (Å²) in [4.78, 5) is 11.9. The summed E-state index contributed by atoms with van der Waals surface area (Å²) in [5.74, 6) is 1.56. The number of para-hydroxylation sites is 1. The largest absolute Gasteiger partial charge is 0.454 e. The van der Waals surface area contributed by atoms with Gasteiger partial charge in [0.15, 0.2) is 11.5 Å². The van der Waals surface area contributed by atoms with E-state index in [0.29, 0.717) is 6.54 Å². The van der Waals surface area contributed by atoms with Crippen LogP contribution in [0.15, 0.2) is 18.2 Å². The van der Waals surface area contributed by atoms with Crippen LogP contribution in [0.3, 0.4) is 0 Å². The number of hydrogen-bond donors (Lipinski definition) is 2. The molecule has 5 heteroatoms. The van der Waals surface area contributed by atoms with Gasteiger partial charge >= 0.3 is 0 Å². The predicted molar refractivity (Wildman–Crippen MR) is 76.8 cm³/mol. The number of benzene rings is 1. The van der Waals surface area contributed by atoms with E-state index in [0.717, 1.165) is 23.5 Å². The Kier molecular flexibility index (Phi) is 4.84. The summed E-state index contributed by atoms with van der Waals surface area (Å²) in [5, 5.41) is 6.17. The first kappa shape index (κ1) is 14.7. The van der Waals surface area contributed by atoms with Gasteiger partial charge in [-0.3, -0.25) is 4.79 Å². The summed E-state index contributed by atoms with van der Waals surface area (Å²) in [5.41, 5.74) is 1.00. The second kappa shape index (κ2) is 6.61. The zero-order chi connectivity index (χ0) is 14.5. The SMILES string of the molecule is CCC(C)NC(=O)C(C)NCc1cccc2c1OCO2. The van der Waals surface area contributed by atoms with Crippen LogP contribution in [0.2, 0.25) is 0 Å². The third kappa shape index (κ3) is 3.42. The molecule has 20 heavy (non-hydrogen) atoms. The molecule has 5 nitrogen and oxygen atoms in total. The van der Waals surface area contributed by atoms with Crippen molar-refractivity contribution in [1.29, 1.82) is 0 Å². The van der Waals surface area contributed by atoms with Crippen molar-refractivity contribution in [3.8, 4) is 11.5 Å². The first-order chi connectivity index (χ1) is 9.61. The minimum Gasteiger partial charge on any atom is -0.454 e. The third-order valence-electron chi connectivity index (χ3n) is 3.47. The van der Waals surface area contributed by atoms with Gasteiger partial charge in [-0.15, -0.1) is 0 Å². The van der Waals surface area contributed by atoms with Crippen molar-refractivity contribution >= 4 is 5.91 Å². The average molecular weight is 278 g/mol. The lowest BCUT2D eigenvalue weighted by Crippen LogP contribution is -2.45. The lowest BCUT2D eigenvalue weighted by atomic mass is 10.1. The van der Waals surface area contributed by atoms with Crippen molar-refractivity contribution < 1.29 is 14.3 Å². The molecular formula is C15H22N2O3. The van der Waals surface area contributed by atoms with Crippen molar-refractivity contribution in [2.75, 3.05) is 6.79 Å². The zero-order valence-corrected chi connectivity index (χ0v) is 12.2. The topological polar surface area (TPSA) is 59.6 Å². The second-order valence-corrected chi connectivity index (χ2v) is 5.07. The molecule has 2 atom stereocenters. The van der Waals surface area contributed by atoms with E-state index in [1.165, 1.54) is 0 Å². The van der Waals surface area contributed by atoms with Crippen LogP contribution in [0.4, 0.5) is 0 Å². The van der Waals surface area contributed by atoms with E-state index >= 15 is 0 Å². The van der Waals surface area contributed by atoms with E-state index in [9.17, 15) is 4.79 Å². The number of hydrogen-bond acceptors (Lipinski definition) is 4. The van der Waals surface area contributed by atoms with Gasteiger partial charge in [-0.2, -0.15) is 0 Å². The first-order valence-electron chi connectivity index (χ1n) is 7.03. The van der Waals surface area contributed by atoms with E-state index in [1.54, 1.807) is 0 Å². The minimum atomic E-state index is -0.248. The van der Waals surface area contributed by atoms with Gasteiger partial charge in [0.1, 0.15) is 0 Å². The number of rotatable bonds is 6. The normalized spacial score (nSPS) is 15.8. The number of nitrogens with one attached hydrogen (secondary N) is 2. The summed E-state index contributed by atoms with van der Waals surface area (Å²) < 4.78 is 10.8. The van der Waals surface area contributed by atoms with Crippen LogP contribution < -0.4 is 20.1 Å². The van der Waals surface area contributed by atoms with E-state index < -0.39 is 0 Å². The molecule has 1 amide bonds. The van der Waals surface area contributed by atoms with E-state index in [1.807, 2.05) is 39.0 Å². The van der Waals surface area contributed by atoms with Crippen LogP contribution in [-0.4, -0.2) is 24.8 Å². The summed E-state index contributed by atoms with van der Waals surface area (Å²) in [6.07, 6.45) is 0.926. The lowest BCUT2D eigenvalue weighted by molar-refractivity contribution is -0.123. The van der Waals surface area contributed by atoms with Crippen LogP contribution >= 0.6 is 0 Å². The second-order valence-electron chi connectivity index (χ2n) is 5.07. The van der Waals surface area contributed by atoms with Gasteiger partial charge in [0, 0.05) is 18.2 Å². The molecule has 0 saturated carbocycles. The van der Waals surface area contributed by atoms with Gasteiger partial charge in [-0.05, 0) is 26.3 Å². The number of carbonyl (C=O) groups excluding carboxylic acids is 1. The van der Waals surface area contributed by atoms with E-state index in [4.69, 9.17) is 9.47 Å². The number of ether oxygens (including phenoxy) is 2. The Morgan fingerprint density at radius 2 is 2.15 bits per heavy atom. The highest BCUT2D eigenvalue weighted by molar-refractivity contribution is 5.81. The molecule has 0 bridgehead atoms. The van der Waals surface area contributed by atoms with Crippen LogP contribution in [0.1, 0.15) is 32.8 Å². The highest BCUT2D eigenvalue weighted by Crippen LogP contribution is 2.35. The van der Waals surface area contributed by atoms with Crippen molar-refractivity contribution in [2.24, 2.45) is 0 Å². The Morgan fingerprint density at radius 3 is 2.90 bits per heavy atom. The summed E-state index contributed by atoms with van der Waals surface area (Å²) in [6.45, 7) is 6.74. The van der Waals surface area contributed by atoms with Gasteiger partial charge in [0.2, 0.25) is 12.7 Å². The van der Waals surface area contributed by atoms with Gasteiger partial charge < -0.3 is 20.1 Å². The zero-order valence-electron chi connectivity index (χ0n) is 12.2. The highest BCUT2D eigenvalue weighted by Gasteiger charge is 2.19. The Morgan fingerprint density at radius 1 is 1.35 bits per heavy atom. The van der Waals surface area contributed by atoms with Gasteiger partial charge in [0.05, 0.1) is 6.04 Å². The Hall–Kier alpha value is -1.75. The van der Waals surface area contributed by atoms with E-state index in [-0.39, 0.29) is 24.8 Å². The highest BCUT2D eigenvalue weighted by atomic mass is 16.7. The number of amides is 1. The molecule has 2 unspecified atom stereocenters. The molecule has 0 aliphatic carbocycles. The summed E-state index contributed by atoms with van der Waals surface area (Å²) in [6, 6.07) is 5.73. The lowest BCUT2D eigenvalue weighted by Gasteiger charge is -2.17. The fraction of sp³-hybridized carbons (Fsp3) is 0.533. The molecule has 1 aliphatic heterocycles. The van der Waals surface area contributed by atoms with Gasteiger partial charge in [-0.1, -0.05) is 19.1 Å². The minimum absolute atomic E-state index is 0.0177. The molecule has 2 rings (SSSR count). The summed E-state index contributed by atoms with van der Waals surface area (Å²) >= 11 is 0. The molecule has 0 spiro atoms. The third-order valence-corrected chi connectivity index (χ3v) is 3.47. The van der Waals surface area contributed by atoms with Gasteiger partial charge in [-0.25, -0.2) is 0 Å². The molecule has 0 aromatic heterocycles. The molecule has 1 heterocycles. The smallest absolute Gasteiger partial charge is 0.237 e. The van der Waals surface area contributed by atoms with E-state index in [2.05, 4.69) is 10.6 Å². The predicted octanol–water partition coefficient (Wildman–Crippen LogP) is 1.81.